The van der Waals surface area contributed by atoms with Crippen LogP contribution in [0.25, 0.3) is 0 Å². The van der Waals surface area contributed by atoms with Crippen LogP contribution in [0.5, 0.6) is 11.5 Å². The van der Waals surface area contributed by atoms with E-state index in [0.29, 0.717) is 35.1 Å². The van der Waals surface area contributed by atoms with Crippen molar-refractivity contribution in [1.82, 2.24) is 0 Å². The standard InChI is InChI=1S/C25H23ClO4/c1-2-29-19-12-13-20-22(14-19)30-25(17-8-10-18(26)11-9-17)21(15-23(27)24(20,25)28)16-6-4-3-5-7-16/h3-14,21,23,27-28H,2,15H2,1H3. The molecule has 3 aromatic rings. The van der Waals surface area contributed by atoms with E-state index in [9.17, 15) is 10.2 Å². The van der Waals surface area contributed by atoms with Gasteiger partial charge in [-0.2, -0.15) is 0 Å². The first-order chi connectivity index (χ1) is 14.5. The molecule has 3 aromatic carbocycles. The minimum absolute atomic E-state index is 0.261. The molecule has 0 bridgehead atoms. The average Bonchev–Trinajstić information content (AvgIpc) is 3.15. The number of benzene rings is 3. The molecule has 0 aromatic heterocycles. The van der Waals surface area contributed by atoms with Crippen LogP contribution in [0.3, 0.4) is 0 Å². The van der Waals surface area contributed by atoms with E-state index in [1.54, 1.807) is 24.3 Å². The van der Waals surface area contributed by atoms with Gasteiger partial charge in [0, 0.05) is 22.6 Å². The summed E-state index contributed by atoms with van der Waals surface area (Å²) in [6.07, 6.45) is -0.631. The predicted octanol–water partition coefficient (Wildman–Crippen LogP) is 4.76. The zero-order chi connectivity index (χ0) is 20.9. The van der Waals surface area contributed by atoms with Gasteiger partial charge in [-0.1, -0.05) is 54.1 Å². The summed E-state index contributed by atoms with van der Waals surface area (Å²) in [7, 11) is 0. The highest BCUT2D eigenvalue weighted by Gasteiger charge is 2.72. The summed E-state index contributed by atoms with van der Waals surface area (Å²) in [6.45, 7) is 2.45. The van der Waals surface area contributed by atoms with Crippen molar-refractivity contribution in [3.63, 3.8) is 0 Å². The van der Waals surface area contributed by atoms with Crippen LogP contribution in [0.15, 0.2) is 72.8 Å². The summed E-state index contributed by atoms with van der Waals surface area (Å²) in [5.74, 6) is 0.928. The topological polar surface area (TPSA) is 58.9 Å². The van der Waals surface area contributed by atoms with E-state index in [1.807, 2.05) is 55.5 Å². The van der Waals surface area contributed by atoms with Crippen molar-refractivity contribution >= 4 is 11.6 Å². The fraction of sp³-hybridized carbons (Fsp3) is 0.280. The van der Waals surface area contributed by atoms with Crippen LogP contribution in [0.4, 0.5) is 0 Å². The van der Waals surface area contributed by atoms with E-state index in [4.69, 9.17) is 21.1 Å². The molecule has 30 heavy (non-hydrogen) atoms. The second-order valence-electron chi connectivity index (χ2n) is 7.92. The summed E-state index contributed by atoms with van der Waals surface area (Å²) in [5.41, 5.74) is -0.450. The molecule has 0 spiro atoms. The Bertz CT molecular complexity index is 1070. The molecule has 1 saturated carbocycles. The highest BCUT2D eigenvalue weighted by molar-refractivity contribution is 6.30. The van der Waals surface area contributed by atoms with Crippen LogP contribution >= 0.6 is 11.6 Å². The molecule has 0 saturated heterocycles. The molecule has 4 unspecified atom stereocenters. The minimum atomic E-state index is -1.61. The molecule has 2 aliphatic rings. The summed E-state index contributed by atoms with van der Waals surface area (Å²) in [6, 6.07) is 22.6. The van der Waals surface area contributed by atoms with Crippen molar-refractivity contribution in [2.45, 2.75) is 36.6 Å². The summed E-state index contributed by atoms with van der Waals surface area (Å²) in [4.78, 5) is 0. The molecule has 0 amide bonds. The summed E-state index contributed by atoms with van der Waals surface area (Å²) in [5, 5.41) is 23.9. The highest BCUT2D eigenvalue weighted by atomic mass is 35.5. The van der Waals surface area contributed by atoms with Gasteiger partial charge in [-0.15, -0.1) is 0 Å². The van der Waals surface area contributed by atoms with Gasteiger partial charge in [-0.05, 0) is 48.7 Å². The third-order valence-corrected chi connectivity index (χ3v) is 6.67. The number of hydrogen-bond acceptors (Lipinski definition) is 4. The fourth-order valence-corrected chi connectivity index (χ4v) is 5.29. The van der Waals surface area contributed by atoms with Gasteiger partial charge in [0.05, 0.1) is 12.7 Å². The van der Waals surface area contributed by atoms with Crippen LogP contribution < -0.4 is 9.47 Å². The second-order valence-corrected chi connectivity index (χ2v) is 8.35. The van der Waals surface area contributed by atoms with Gasteiger partial charge in [-0.3, -0.25) is 0 Å². The lowest BCUT2D eigenvalue weighted by atomic mass is 9.71. The maximum absolute atomic E-state index is 12.1. The van der Waals surface area contributed by atoms with Crippen molar-refractivity contribution in [2.24, 2.45) is 0 Å². The number of fused-ring (bicyclic) bond motifs is 3. The SMILES string of the molecule is CCOc1ccc2c(c1)OC1(c3ccc(Cl)cc3)C(c3ccccc3)CC(O)C21O. The lowest BCUT2D eigenvalue weighted by Crippen LogP contribution is -2.51. The number of aliphatic hydroxyl groups excluding tert-OH is 1. The molecule has 4 nitrogen and oxygen atoms in total. The maximum Gasteiger partial charge on any atom is 0.176 e. The van der Waals surface area contributed by atoms with Crippen LogP contribution in [-0.2, 0) is 11.2 Å². The molecule has 154 valence electrons. The normalized spacial score (nSPS) is 29.2. The van der Waals surface area contributed by atoms with E-state index in [2.05, 4.69) is 0 Å². The fourth-order valence-electron chi connectivity index (χ4n) is 5.17. The number of hydrogen-bond donors (Lipinski definition) is 2. The van der Waals surface area contributed by atoms with Crippen molar-refractivity contribution < 1.29 is 19.7 Å². The summed E-state index contributed by atoms with van der Waals surface area (Å²) >= 11 is 6.15. The van der Waals surface area contributed by atoms with Crippen LogP contribution in [0.2, 0.25) is 5.02 Å². The van der Waals surface area contributed by atoms with E-state index >= 15 is 0 Å². The van der Waals surface area contributed by atoms with Crippen LogP contribution in [-0.4, -0.2) is 22.9 Å². The van der Waals surface area contributed by atoms with E-state index < -0.39 is 17.3 Å². The zero-order valence-electron chi connectivity index (χ0n) is 16.6. The first kappa shape index (κ1) is 19.4. The van der Waals surface area contributed by atoms with E-state index in [0.717, 1.165) is 11.1 Å². The van der Waals surface area contributed by atoms with Crippen LogP contribution in [0.1, 0.15) is 36.0 Å². The quantitative estimate of drug-likeness (QED) is 0.636. The second kappa shape index (κ2) is 7.02. The molecule has 1 heterocycles. The van der Waals surface area contributed by atoms with Gasteiger partial charge in [0.15, 0.2) is 11.2 Å². The third kappa shape index (κ3) is 2.54. The molecule has 0 radical (unpaired) electrons. The Morgan fingerprint density at radius 3 is 2.50 bits per heavy atom. The molecule has 5 rings (SSSR count). The Balaban J connectivity index is 1.75. The molecule has 2 N–H and O–H groups in total. The van der Waals surface area contributed by atoms with Gasteiger partial charge >= 0.3 is 0 Å². The molecular formula is C25H23ClO4. The minimum Gasteiger partial charge on any atom is -0.494 e. The van der Waals surface area contributed by atoms with Crippen molar-refractivity contribution in [3.05, 3.63) is 94.5 Å². The smallest absolute Gasteiger partial charge is 0.176 e. The first-order valence-corrected chi connectivity index (χ1v) is 10.6. The highest BCUT2D eigenvalue weighted by Crippen LogP contribution is 2.66. The largest absolute Gasteiger partial charge is 0.494 e. The Kier molecular flexibility index (Phi) is 4.55. The lowest BCUT2D eigenvalue weighted by molar-refractivity contribution is -0.149. The van der Waals surface area contributed by atoms with Gasteiger partial charge in [-0.25, -0.2) is 0 Å². The van der Waals surface area contributed by atoms with Crippen molar-refractivity contribution in [1.29, 1.82) is 0 Å². The molecule has 5 heteroatoms. The monoisotopic (exact) mass is 422 g/mol. The molecule has 1 aliphatic heterocycles. The van der Waals surface area contributed by atoms with Gasteiger partial charge in [0.1, 0.15) is 11.5 Å². The van der Waals surface area contributed by atoms with Crippen molar-refractivity contribution in [2.75, 3.05) is 6.61 Å². The molecular weight excluding hydrogens is 400 g/mol. The number of rotatable bonds is 4. The molecule has 1 fully saturated rings. The van der Waals surface area contributed by atoms with Gasteiger partial charge < -0.3 is 19.7 Å². The zero-order valence-corrected chi connectivity index (χ0v) is 17.3. The van der Waals surface area contributed by atoms with E-state index in [-0.39, 0.29) is 5.92 Å². The van der Waals surface area contributed by atoms with E-state index in [1.165, 1.54) is 0 Å². The Morgan fingerprint density at radius 1 is 1.07 bits per heavy atom. The third-order valence-electron chi connectivity index (χ3n) is 6.42. The van der Waals surface area contributed by atoms with Gasteiger partial charge in [0.25, 0.3) is 0 Å². The molecule has 1 aliphatic carbocycles. The summed E-state index contributed by atoms with van der Waals surface area (Å²) < 4.78 is 12.3. The van der Waals surface area contributed by atoms with Crippen LogP contribution in [0, 0.1) is 0 Å². The average molecular weight is 423 g/mol. The Morgan fingerprint density at radius 2 is 1.80 bits per heavy atom. The lowest BCUT2D eigenvalue weighted by Gasteiger charge is -2.40. The number of aliphatic hydroxyl groups is 2. The molecule has 4 atom stereocenters. The van der Waals surface area contributed by atoms with Crippen molar-refractivity contribution in [3.8, 4) is 11.5 Å². The predicted molar refractivity (Wildman–Crippen MR) is 115 cm³/mol. The first-order valence-electron chi connectivity index (χ1n) is 10.2. The number of ether oxygens (including phenoxy) is 2. The Hall–Kier alpha value is -2.53. The maximum atomic E-state index is 12.1. The Labute approximate surface area is 180 Å². The number of halogens is 1. The van der Waals surface area contributed by atoms with Gasteiger partial charge in [0.2, 0.25) is 0 Å².